The van der Waals surface area contributed by atoms with E-state index in [1.807, 2.05) is 43.3 Å². The summed E-state index contributed by atoms with van der Waals surface area (Å²) in [6, 6.07) is 14.8. The predicted molar refractivity (Wildman–Crippen MR) is 114 cm³/mol. The highest BCUT2D eigenvalue weighted by Crippen LogP contribution is 2.29. The predicted octanol–water partition coefficient (Wildman–Crippen LogP) is 4.22. The molecule has 5 nitrogen and oxygen atoms in total. The minimum Gasteiger partial charge on any atom is -0.423 e. The van der Waals surface area contributed by atoms with Gasteiger partial charge in [0.25, 0.3) is 0 Å². The second kappa shape index (κ2) is 9.87. The zero-order valence-corrected chi connectivity index (χ0v) is 17.5. The van der Waals surface area contributed by atoms with Crippen LogP contribution in [0.3, 0.4) is 0 Å². The highest BCUT2D eigenvalue weighted by Gasteiger charge is 2.24. The molecule has 2 aromatic rings. The third-order valence-corrected chi connectivity index (χ3v) is 5.75. The summed E-state index contributed by atoms with van der Waals surface area (Å²) in [6.45, 7) is 10.1. The largest absolute Gasteiger partial charge is 0.423 e. The van der Waals surface area contributed by atoms with E-state index in [1.165, 1.54) is 0 Å². The summed E-state index contributed by atoms with van der Waals surface area (Å²) in [4.78, 5) is 28.5. The first-order valence-corrected chi connectivity index (χ1v) is 10.4. The van der Waals surface area contributed by atoms with Crippen molar-refractivity contribution in [2.75, 3.05) is 26.3 Å². The quantitative estimate of drug-likeness (QED) is 0.294. The van der Waals surface area contributed by atoms with Crippen molar-refractivity contribution in [3.8, 4) is 5.75 Å². The summed E-state index contributed by atoms with van der Waals surface area (Å²) in [5, 5.41) is 0. The second-order valence-electron chi connectivity index (χ2n) is 6.96. The molecule has 3 rings (SSSR count). The van der Waals surface area contributed by atoms with Gasteiger partial charge >= 0.3 is 5.97 Å². The van der Waals surface area contributed by atoms with E-state index in [0.29, 0.717) is 24.5 Å². The number of nitrogens with zero attached hydrogens (tertiary/aromatic N) is 1. The molecule has 1 heterocycles. The van der Waals surface area contributed by atoms with Crippen molar-refractivity contribution in [3.05, 3.63) is 66.2 Å². The first-order valence-electron chi connectivity index (χ1n) is 9.56. The number of esters is 1. The number of carbonyl (C=O) groups is 2. The molecule has 1 atom stereocenters. The van der Waals surface area contributed by atoms with E-state index >= 15 is 0 Å². The summed E-state index contributed by atoms with van der Waals surface area (Å²) >= 11 is 1.58. The van der Waals surface area contributed by atoms with E-state index in [9.17, 15) is 9.59 Å². The van der Waals surface area contributed by atoms with Gasteiger partial charge in [-0.25, -0.2) is 4.79 Å². The molecule has 0 bridgehead atoms. The number of carbonyl (C=O) groups excluding carboxylic acids is 2. The maximum absolute atomic E-state index is 12.8. The van der Waals surface area contributed by atoms with Gasteiger partial charge in [-0.1, -0.05) is 30.5 Å². The van der Waals surface area contributed by atoms with Crippen LogP contribution in [0, 0.1) is 0 Å². The highest BCUT2D eigenvalue weighted by atomic mass is 32.2. The van der Waals surface area contributed by atoms with E-state index in [1.54, 1.807) is 30.8 Å². The van der Waals surface area contributed by atoms with Gasteiger partial charge in [-0.2, -0.15) is 0 Å². The third kappa shape index (κ3) is 5.79. The zero-order valence-electron chi connectivity index (χ0n) is 16.7. The zero-order chi connectivity index (χ0) is 20.8. The molecule has 1 fully saturated rings. The number of ketones is 1. The van der Waals surface area contributed by atoms with E-state index < -0.39 is 5.97 Å². The topological polar surface area (TPSA) is 55.8 Å². The van der Waals surface area contributed by atoms with Crippen LogP contribution in [0.2, 0.25) is 0 Å². The number of hydrogen-bond acceptors (Lipinski definition) is 6. The lowest BCUT2D eigenvalue weighted by Gasteiger charge is -2.31. The number of benzene rings is 2. The maximum atomic E-state index is 12.8. The molecule has 1 saturated heterocycles. The van der Waals surface area contributed by atoms with Crippen LogP contribution in [0.4, 0.5) is 0 Å². The van der Waals surface area contributed by atoms with E-state index in [4.69, 9.17) is 9.47 Å². The Morgan fingerprint density at radius 3 is 2.14 bits per heavy atom. The number of Topliss-reactive ketones (excluding diaryl/α,β-unsaturated/α-hetero) is 1. The first-order chi connectivity index (χ1) is 13.9. The maximum Gasteiger partial charge on any atom is 0.338 e. The highest BCUT2D eigenvalue weighted by molar-refractivity contribution is 7.99. The molecule has 0 radical (unpaired) electrons. The van der Waals surface area contributed by atoms with Crippen molar-refractivity contribution in [3.63, 3.8) is 0 Å². The van der Waals surface area contributed by atoms with Crippen LogP contribution in [-0.2, 0) is 9.53 Å². The van der Waals surface area contributed by atoms with Crippen molar-refractivity contribution in [2.24, 2.45) is 0 Å². The van der Waals surface area contributed by atoms with Crippen molar-refractivity contribution in [1.29, 1.82) is 0 Å². The van der Waals surface area contributed by atoms with Crippen LogP contribution < -0.4 is 4.74 Å². The molecule has 0 aliphatic carbocycles. The standard InChI is InChI=1S/C23H25NO4S/c1-16(2)23(26)28-19-6-10-21(11-7-19)29-20-8-4-18(5-9-20)22(25)17(3)24-12-14-27-15-13-24/h4-11,17H,1,12-15H2,2-3H3. The summed E-state index contributed by atoms with van der Waals surface area (Å²) in [5.41, 5.74) is 1.08. The molecule has 1 aliphatic heterocycles. The Kier molecular flexibility index (Phi) is 7.25. The van der Waals surface area contributed by atoms with Crippen LogP contribution in [0.1, 0.15) is 24.2 Å². The van der Waals surface area contributed by atoms with Crippen LogP contribution in [0.15, 0.2) is 70.5 Å². The minimum absolute atomic E-state index is 0.132. The van der Waals surface area contributed by atoms with Gasteiger partial charge in [0.2, 0.25) is 0 Å². The molecular formula is C23H25NO4S. The normalized spacial score (nSPS) is 15.5. The van der Waals surface area contributed by atoms with Gasteiger partial charge in [0.05, 0.1) is 19.3 Å². The van der Waals surface area contributed by atoms with E-state index in [-0.39, 0.29) is 11.8 Å². The molecule has 1 aliphatic rings. The van der Waals surface area contributed by atoms with Gasteiger partial charge in [-0.3, -0.25) is 9.69 Å². The Labute approximate surface area is 175 Å². The minimum atomic E-state index is -0.433. The Balaban J connectivity index is 1.59. The summed E-state index contributed by atoms with van der Waals surface area (Å²) < 4.78 is 10.6. The Morgan fingerprint density at radius 1 is 1.03 bits per heavy atom. The number of morpholine rings is 1. The molecule has 29 heavy (non-hydrogen) atoms. The van der Waals surface area contributed by atoms with E-state index in [0.717, 1.165) is 28.4 Å². The van der Waals surface area contributed by atoms with Crippen molar-refractivity contribution >= 4 is 23.5 Å². The average molecular weight is 412 g/mol. The van der Waals surface area contributed by atoms with Crippen LogP contribution in [0.25, 0.3) is 0 Å². The molecular weight excluding hydrogens is 386 g/mol. The SMILES string of the molecule is C=C(C)C(=O)Oc1ccc(Sc2ccc(C(=O)C(C)N3CCOCC3)cc2)cc1. The van der Waals surface area contributed by atoms with Gasteiger partial charge in [0.15, 0.2) is 5.78 Å². The van der Waals surface area contributed by atoms with Crippen molar-refractivity contribution in [2.45, 2.75) is 29.7 Å². The molecule has 0 amide bonds. The smallest absolute Gasteiger partial charge is 0.338 e. The molecule has 0 N–H and O–H groups in total. The van der Waals surface area contributed by atoms with Crippen molar-refractivity contribution in [1.82, 2.24) is 4.90 Å². The molecule has 1 unspecified atom stereocenters. The molecule has 0 aromatic heterocycles. The Morgan fingerprint density at radius 2 is 1.59 bits per heavy atom. The monoisotopic (exact) mass is 411 g/mol. The fourth-order valence-corrected chi connectivity index (χ4v) is 3.78. The molecule has 152 valence electrons. The van der Waals surface area contributed by atoms with E-state index in [2.05, 4.69) is 11.5 Å². The number of ether oxygens (including phenoxy) is 2. The van der Waals surface area contributed by atoms with Crippen LogP contribution in [-0.4, -0.2) is 49.0 Å². The first kappa shape index (κ1) is 21.3. The third-order valence-electron chi connectivity index (χ3n) is 4.73. The summed E-state index contributed by atoms with van der Waals surface area (Å²) in [5.74, 6) is 0.185. The van der Waals surface area contributed by atoms with Crippen LogP contribution >= 0.6 is 11.8 Å². The summed E-state index contributed by atoms with van der Waals surface area (Å²) in [7, 11) is 0. The lowest BCUT2D eigenvalue weighted by Crippen LogP contribution is -2.45. The van der Waals surface area contributed by atoms with Gasteiger partial charge in [0.1, 0.15) is 5.75 Å². The fourth-order valence-electron chi connectivity index (χ4n) is 2.97. The van der Waals surface area contributed by atoms with Crippen LogP contribution in [0.5, 0.6) is 5.75 Å². The lowest BCUT2D eigenvalue weighted by atomic mass is 10.0. The fraction of sp³-hybridized carbons (Fsp3) is 0.304. The Bertz CT molecular complexity index is 871. The lowest BCUT2D eigenvalue weighted by molar-refractivity contribution is -0.130. The summed E-state index contributed by atoms with van der Waals surface area (Å²) in [6.07, 6.45) is 0. The molecule has 0 saturated carbocycles. The van der Waals surface area contributed by atoms with Gasteiger partial charge in [0, 0.05) is 34.0 Å². The van der Waals surface area contributed by atoms with Gasteiger partial charge in [-0.05, 0) is 50.2 Å². The number of hydrogen-bond donors (Lipinski definition) is 0. The second-order valence-corrected chi connectivity index (χ2v) is 8.10. The van der Waals surface area contributed by atoms with Gasteiger partial charge < -0.3 is 9.47 Å². The molecule has 0 spiro atoms. The van der Waals surface area contributed by atoms with Crippen molar-refractivity contribution < 1.29 is 19.1 Å². The van der Waals surface area contributed by atoms with Gasteiger partial charge in [-0.15, -0.1) is 0 Å². The number of rotatable bonds is 7. The Hall–Kier alpha value is -2.41. The molecule has 6 heteroatoms. The average Bonchev–Trinajstić information content (AvgIpc) is 2.75. The molecule has 2 aromatic carbocycles.